The maximum Gasteiger partial charge on any atom is 0.248 e. The number of pyridine rings is 1. The maximum absolute atomic E-state index is 11.5. The van der Waals surface area contributed by atoms with Crippen LogP contribution < -0.4 is 5.73 Å². The van der Waals surface area contributed by atoms with Gasteiger partial charge in [-0.15, -0.1) is 0 Å². The number of carbonyl (C=O) groups is 1. The van der Waals surface area contributed by atoms with E-state index < -0.39 is 0 Å². The predicted octanol–water partition coefficient (Wildman–Crippen LogP) is 3.02. The molecule has 1 aliphatic rings. The molecule has 2 N–H and O–H groups in total. The van der Waals surface area contributed by atoms with Gasteiger partial charge in [-0.05, 0) is 52.0 Å². The largest absolute Gasteiger partial charge is 0.366 e. The van der Waals surface area contributed by atoms with Gasteiger partial charge in [0.05, 0.1) is 5.69 Å². The average molecular weight is 317 g/mol. The third kappa shape index (κ3) is 2.16. The number of carbonyl (C=O) groups excluding carboxylic acids is 1. The van der Waals surface area contributed by atoms with Gasteiger partial charge in [-0.25, -0.2) is 0 Å². The van der Waals surface area contributed by atoms with Crippen LogP contribution in [0, 0.1) is 0 Å². The Labute approximate surface area is 120 Å². The highest BCUT2D eigenvalue weighted by molar-refractivity contribution is 9.10. The fourth-order valence-electron chi connectivity index (χ4n) is 2.77. The van der Waals surface area contributed by atoms with E-state index in [2.05, 4.69) is 27.0 Å². The van der Waals surface area contributed by atoms with Gasteiger partial charge in [0.2, 0.25) is 5.91 Å². The standard InChI is InChI=1S/C15H13BrN2O/c16-10-7-9-5-6-12(14(9)18-8-10)11-3-1-2-4-13(11)15(17)19/h1-4,7-8,12H,5-6H2,(H2,17,19). The van der Waals surface area contributed by atoms with Crippen LogP contribution in [-0.2, 0) is 6.42 Å². The van der Waals surface area contributed by atoms with Crippen LogP contribution in [0.3, 0.4) is 0 Å². The highest BCUT2D eigenvalue weighted by atomic mass is 79.9. The first kappa shape index (κ1) is 12.4. The molecule has 1 aromatic carbocycles. The van der Waals surface area contributed by atoms with Crippen LogP contribution in [0.2, 0.25) is 0 Å². The Hall–Kier alpha value is -1.68. The molecule has 1 heterocycles. The fourth-order valence-corrected chi connectivity index (χ4v) is 3.15. The van der Waals surface area contributed by atoms with Crippen molar-refractivity contribution in [2.45, 2.75) is 18.8 Å². The lowest BCUT2D eigenvalue weighted by Gasteiger charge is -2.14. The summed E-state index contributed by atoms with van der Waals surface area (Å²) in [5.41, 5.74) is 9.37. The monoisotopic (exact) mass is 316 g/mol. The zero-order valence-electron chi connectivity index (χ0n) is 10.3. The van der Waals surface area contributed by atoms with Crippen molar-refractivity contribution in [3.05, 3.63) is 63.4 Å². The van der Waals surface area contributed by atoms with Gasteiger partial charge in [0, 0.05) is 22.2 Å². The lowest BCUT2D eigenvalue weighted by atomic mass is 9.92. The summed E-state index contributed by atoms with van der Waals surface area (Å²) in [6.07, 6.45) is 3.77. The van der Waals surface area contributed by atoms with Crippen LogP contribution in [0.4, 0.5) is 0 Å². The van der Waals surface area contributed by atoms with Crippen LogP contribution in [0.15, 0.2) is 41.0 Å². The molecule has 2 aromatic rings. The Kier molecular flexibility index (Phi) is 3.11. The first-order valence-corrected chi connectivity index (χ1v) is 6.99. The molecule has 96 valence electrons. The van der Waals surface area contributed by atoms with Crippen molar-refractivity contribution in [3.8, 4) is 0 Å². The van der Waals surface area contributed by atoms with Crippen molar-refractivity contribution >= 4 is 21.8 Å². The van der Waals surface area contributed by atoms with Crippen LogP contribution in [0.1, 0.15) is 39.5 Å². The number of rotatable bonds is 2. The third-order valence-electron chi connectivity index (χ3n) is 3.60. The Bertz CT molecular complexity index is 654. The molecule has 3 nitrogen and oxygen atoms in total. The number of aryl methyl sites for hydroxylation is 1. The number of benzene rings is 1. The molecule has 19 heavy (non-hydrogen) atoms. The van der Waals surface area contributed by atoms with E-state index in [4.69, 9.17) is 5.73 Å². The normalized spacial score (nSPS) is 17.2. The van der Waals surface area contributed by atoms with Crippen molar-refractivity contribution < 1.29 is 4.79 Å². The van der Waals surface area contributed by atoms with E-state index >= 15 is 0 Å². The number of fused-ring (bicyclic) bond motifs is 1. The van der Waals surface area contributed by atoms with Crippen LogP contribution in [0.5, 0.6) is 0 Å². The summed E-state index contributed by atoms with van der Waals surface area (Å²) < 4.78 is 0.995. The summed E-state index contributed by atoms with van der Waals surface area (Å²) in [6.45, 7) is 0. The van der Waals surface area contributed by atoms with E-state index in [0.717, 1.165) is 28.6 Å². The molecule has 3 rings (SSSR count). The van der Waals surface area contributed by atoms with Gasteiger partial charge in [-0.1, -0.05) is 18.2 Å². The van der Waals surface area contributed by atoms with Crippen molar-refractivity contribution in [1.82, 2.24) is 4.98 Å². The Balaban J connectivity index is 2.09. The lowest BCUT2D eigenvalue weighted by molar-refractivity contribution is 0.0999. The van der Waals surface area contributed by atoms with Gasteiger partial charge in [0.25, 0.3) is 0 Å². The van der Waals surface area contributed by atoms with E-state index in [0.29, 0.717) is 5.56 Å². The third-order valence-corrected chi connectivity index (χ3v) is 4.04. The average Bonchev–Trinajstić information content (AvgIpc) is 2.81. The Morgan fingerprint density at radius 2 is 2.16 bits per heavy atom. The summed E-state index contributed by atoms with van der Waals surface area (Å²) >= 11 is 3.44. The number of aromatic nitrogens is 1. The summed E-state index contributed by atoms with van der Waals surface area (Å²) in [6, 6.07) is 9.65. The molecular weight excluding hydrogens is 304 g/mol. The molecule has 4 heteroatoms. The molecule has 1 aliphatic carbocycles. The minimum Gasteiger partial charge on any atom is -0.366 e. The summed E-state index contributed by atoms with van der Waals surface area (Å²) in [4.78, 5) is 16.1. The topological polar surface area (TPSA) is 56.0 Å². The lowest BCUT2D eigenvalue weighted by Crippen LogP contribution is -2.15. The van der Waals surface area contributed by atoms with E-state index in [-0.39, 0.29) is 11.8 Å². The highest BCUT2D eigenvalue weighted by Crippen LogP contribution is 2.38. The second-order valence-electron chi connectivity index (χ2n) is 4.74. The highest BCUT2D eigenvalue weighted by Gasteiger charge is 2.28. The fraction of sp³-hybridized carbons (Fsp3) is 0.200. The van der Waals surface area contributed by atoms with E-state index in [1.807, 2.05) is 24.4 Å². The maximum atomic E-state index is 11.5. The SMILES string of the molecule is NC(=O)c1ccccc1C1CCc2cc(Br)cnc21. The van der Waals surface area contributed by atoms with Gasteiger partial charge in [0.15, 0.2) is 0 Å². The second kappa shape index (κ2) is 4.78. The van der Waals surface area contributed by atoms with Gasteiger partial charge >= 0.3 is 0 Å². The second-order valence-corrected chi connectivity index (χ2v) is 5.66. The van der Waals surface area contributed by atoms with Crippen molar-refractivity contribution in [1.29, 1.82) is 0 Å². The zero-order valence-corrected chi connectivity index (χ0v) is 11.9. The first-order valence-electron chi connectivity index (χ1n) is 6.20. The molecular formula is C15H13BrN2O. The Morgan fingerprint density at radius 3 is 2.95 bits per heavy atom. The van der Waals surface area contributed by atoms with Gasteiger partial charge in [0.1, 0.15) is 0 Å². The summed E-state index contributed by atoms with van der Waals surface area (Å²) in [5.74, 6) is -0.201. The smallest absolute Gasteiger partial charge is 0.248 e. The van der Waals surface area contributed by atoms with Gasteiger partial charge in [-0.2, -0.15) is 0 Å². The quantitative estimate of drug-likeness (QED) is 0.925. The zero-order chi connectivity index (χ0) is 13.4. The number of amides is 1. The van der Waals surface area contributed by atoms with E-state index in [1.165, 1.54) is 5.56 Å². The minimum atomic E-state index is -0.374. The summed E-state index contributed by atoms with van der Waals surface area (Å²) in [5, 5.41) is 0. The van der Waals surface area contributed by atoms with Gasteiger partial charge in [-0.3, -0.25) is 9.78 Å². The van der Waals surface area contributed by atoms with E-state index in [1.54, 1.807) is 6.07 Å². The molecule has 0 aliphatic heterocycles. The van der Waals surface area contributed by atoms with Crippen LogP contribution >= 0.6 is 15.9 Å². The number of nitrogens with zero attached hydrogens (tertiary/aromatic N) is 1. The van der Waals surface area contributed by atoms with E-state index in [9.17, 15) is 4.79 Å². The minimum absolute atomic E-state index is 0.173. The molecule has 1 atom stereocenters. The molecule has 0 saturated carbocycles. The molecule has 0 fully saturated rings. The molecule has 0 spiro atoms. The number of primary amides is 1. The molecule has 0 radical (unpaired) electrons. The van der Waals surface area contributed by atoms with Crippen molar-refractivity contribution in [2.75, 3.05) is 0 Å². The summed E-state index contributed by atoms with van der Waals surface area (Å²) in [7, 11) is 0. The van der Waals surface area contributed by atoms with Crippen LogP contribution in [0.25, 0.3) is 0 Å². The first-order chi connectivity index (χ1) is 9.16. The number of hydrogen-bond donors (Lipinski definition) is 1. The number of nitrogens with two attached hydrogens (primary N) is 1. The number of halogens is 1. The molecule has 1 amide bonds. The van der Waals surface area contributed by atoms with Crippen molar-refractivity contribution in [2.24, 2.45) is 5.73 Å². The predicted molar refractivity (Wildman–Crippen MR) is 77.1 cm³/mol. The van der Waals surface area contributed by atoms with Crippen molar-refractivity contribution in [3.63, 3.8) is 0 Å². The molecule has 0 bridgehead atoms. The van der Waals surface area contributed by atoms with Gasteiger partial charge < -0.3 is 5.73 Å². The number of hydrogen-bond acceptors (Lipinski definition) is 2. The Morgan fingerprint density at radius 1 is 1.37 bits per heavy atom. The molecule has 1 aromatic heterocycles. The molecule has 1 unspecified atom stereocenters. The van der Waals surface area contributed by atoms with Crippen LogP contribution in [-0.4, -0.2) is 10.9 Å². The molecule has 0 saturated heterocycles.